The second-order valence-corrected chi connectivity index (χ2v) is 10.0. The fraction of sp³-hybridized carbons (Fsp3) is 0.364. The van der Waals surface area contributed by atoms with E-state index in [1.165, 1.54) is 6.20 Å². The van der Waals surface area contributed by atoms with Crippen LogP contribution in [-0.4, -0.2) is 54.9 Å². The van der Waals surface area contributed by atoms with Crippen LogP contribution in [0.3, 0.4) is 0 Å². The molecule has 0 aliphatic rings. The summed E-state index contributed by atoms with van der Waals surface area (Å²) < 4.78 is 34.8. The molecule has 0 aliphatic carbocycles. The van der Waals surface area contributed by atoms with Gasteiger partial charge in [-0.15, -0.1) is 0 Å². The number of fused-ring (bicyclic) bond motifs is 1. The summed E-state index contributed by atoms with van der Waals surface area (Å²) in [5.74, 6) is -0.132. The highest BCUT2D eigenvalue weighted by Gasteiger charge is 2.24. The molecule has 1 aromatic carbocycles. The molecule has 0 amide bonds. The molecule has 1 atom stereocenters. The third-order valence-corrected chi connectivity index (χ3v) is 5.43. The Morgan fingerprint density at radius 2 is 1.88 bits per heavy atom. The van der Waals surface area contributed by atoms with Crippen LogP contribution in [0, 0.1) is 0 Å². The van der Waals surface area contributed by atoms with E-state index in [9.17, 15) is 13.2 Å². The van der Waals surface area contributed by atoms with Crippen molar-refractivity contribution >= 4 is 32.5 Å². The molecule has 0 radical (unpaired) electrons. The summed E-state index contributed by atoms with van der Waals surface area (Å²) in [6.07, 6.45) is 1.79. The van der Waals surface area contributed by atoms with Crippen LogP contribution in [0.15, 0.2) is 47.8 Å². The van der Waals surface area contributed by atoms with Crippen molar-refractivity contribution in [2.75, 3.05) is 25.3 Å². The second kappa shape index (κ2) is 9.17. The maximum absolute atomic E-state index is 12.5. The molecule has 2 aromatic heterocycles. The van der Waals surface area contributed by atoms with Gasteiger partial charge in [0, 0.05) is 24.9 Å². The number of anilines is 1. The Morgan fingerprint density at radius 1 is 1.19 bits per heavy atom. The van der Waals surface area contributed by atoms with Crippen LogP contribution in [0.25, 0.3) is 10.9 Å². The van der Waals surface area contributed by atoms with E-state index in [-0.39, 0.29) is 5.16 Å². The number of ether oxygens (including phenoxy) is 2. The SMILES string of the molecule is COCC(C)(C)Nc1nc([C@@H](C)OC(=O)c2ccccc2)cc2cnc(S(C)(=O)=O)nc12. The fourth-order valence-electron chi connectivity index (χ4n) is 3.10. The summed E-state index contributed by atoms with van der Waals surface area (Å²) >= 11 is 0. The lowest BCUT2D eigenvalue weighted by Gasteiger charge is -2.27. The van der Waals surface area contributed by atoms with E-state index in [0.717, 1.165) is 6.26 Å². The molecule has 10 heteroatoms. The minimum atomic E-state index is -3.61. The van der Waals surface area contributed by atoms with E-state index in [1.54, 1.807) is 44.4 Å². The van der Waals surface area contributed by atoms with Gasteiger partial charge in [0.15, 0.2) is 5.82 Å². The van der Waals surface area contributed by atoms with Gasteiger partial charge >= 0.3 is 5.97 Å². The average Bonchev–Trinajstić information content (AvgIpc) is 2.72. The van der Waals surface area contributed by atoms with Crippen LogP contribution < -0.4 is 5.32 Å². The van der Waals surface area contributed by atoms with Crippen LogP contribution >= 0.6 is 0 Å². The Morgan fingerprint density at radius 3 is 2.50 bits per heavy atom. The lowest BCUT2D eigenvalue weighted by Crippen LogP contribution is -2.36. The molecule has 0 bridgehead atoms. The van der Waals surface area contributed by atoms with E-state index < -0.39 is 27.4 Å². The third-order valence-electron chi connectivity index (χ3n) is 4.57. The highest BCUT2D eigenvalue weighted by molar-refractivity contribution is 7.90. The van der Waals surface area contributed by atoms with Crippen molar-refractivity contribution in [1.82, 2.24) is 15.0 Å². The first-order valence-corrected chi connectivity index (χ1v) is 11.8. The van der Waals surface area contributed by atoms with E-state index in [2.05, 4.69) is 20.3 Å². The fourth-order valence-corrected chi connectivity index (χ4v) is 3.60. The molecule has 3 rings (SSSR count). The van der Waals surface area contributed by atoms with Crippen molar-refractivity contribution in [1.29, 1.82) is 0 Å². The minimum Gasteiger partial charge on any atom is -0.453 e. The van der Waals surface area contributed by atoms with Crippen molar-refractivity contribution in [3.63, 3.8) is 0 Å². The van der Waals surface area contributed by atoms with Gasteiger partial charge in [-0.05, 0) is 39.0 Å². The smallest absolute Gasteiger partial charge is 0.338 e. The van der Waals surface area contributed by atoms with Crippen molar-refractivity contribution in [3.8, 4) is 0 Å². The Labute approximate surface area is 187 Å². The number of carbonyl (C=O) groups excluding carboxylic acids is 1. The topological polar surface area (TPSA) is 120 Å². The largest absolute Gasteiger partial charge is 0.453 e. The van der Waals surface area contributed by atoms with Gasteiger partial charge in [0.2, 0.25) is 15.0 Å². The number of nitrogens with zero attached hydrogens (tertiary/aromatic N) is 3. The summed E-state index contributed by atoms with van der Waals surface area (Å²) in [5, 5.41) is 3.52. The number of benzene rings is 1. The predicted molar refractivity (Wildman–Crippen MR) is 120 cm³/mol. The zero-order valence-corrected chi connectivity index (χ0v) is 19.4. The number of rotatable bonds is 8. The van der Waals surface area contributed by atoms with E-state index in [0.29, 0.717) is 34.6 Å². The second-order valence-electron chi connectivity index (χ2n) is 8.11. The molecule has 0 saturated carbocycles. The predicted octanol–water partition coefficient (Wildman–Crippen LogP) is 3.18. The summed E-state index contributed by atoms with van der Waals surface area (Å²) in [7, 11) is -2.03. The molecule has 0 fully saturated rings. The Bertz CT molecular complexity index is 1230. The van der Waals surface area contributed by atoms with Crippen LogP contribution in [0.4, 0.5) is 5.82 Å². The van der Waals surface area contributed by atoms with Crippen LogP contribution in [0.1, 0.15) is 42.9 Å². The molecule has 0 unspecified atom stereocenters. The van der Waals surface area contributed by atoms with Gasteiger partial charge in [0.05, 0.1) is 23.4 Å². The van der Waals surface area contributed by atoms with E-state index >= 15 is 0 Å². The summed E-state index contributed by atoms with van der Waals surface area (Å²) in [6.45, 7) is 5.90. The minimum absolute atomic E-state index is 0.296. The number of hydrogen-bond donors (Lipinski definition) is 1. The zero-order chi connectivity index (χ0) is 23.5. The van der Waals surface area contributed by atoms with Crippen LogP contribution in [0.5, 0.6) is 0 Å². The number of hydrogen-bond acceptors (Lipinski definition) is 9. The average molecular weight is 459 g/mol. The van der Waals surface area contributed by atoms with Crippen molar-refractivity contribution < 1.29 is 22.7 Å². The van der Waals surface area contributed by atoms with Gasteiger partial charge in [0.25, 0.3) is 0 Å². The molecule has 0 aliphatic heterocycles. The standard InChI is InChI=1S/C22H26N4O5S/c1-14(31-20(27)15-9-7-6-8-10-15)17-11-16-12-23-21(32(5,28)29)25-18(16)19(24-17)26-22(2,3)13-30-4/h6-12,14H,13H2,1-5H3,(H,24,26)/t14-/m1/s1. The summed E-state index contributed by atoms with van der Waals surface area (Å²) in [4.78, 5) is 25.3. The Balaban J connectivity index is 2.04. The molecule has 1 N–H and O–H groups in total. The molecular formula is C22H26N4O5S. The van der Waals surface area contributed by atoms with Crippen LogP contribution in [0.2, 0.25) is 0 Å². The lowest BCUT2D eigenvalue weighted by atomic mass is 10.1. The zero-order valence-electron chi connectivity index (χ0n) is 18.6. The number of sulfone groups is 1. The molecule has 9 nitrogen and oxygen atoms in total. The number of nitrogens with one attached hydrogen (secondary N) is 1. The number of esters is 1. The Hall–Kier alpha value is -3.11. The first kappa shape index (κ1) is 23.6. The van der Waals surface area contributed by atoms with Crippen LogP contribution in [-0.2, 0) is 19.3 Å². The van der Waals surface area contributed by atoms with E-state index in [4.69, 9.17) is 9.47 Å². The van der Waals surface area contributed by atoms with E-state index in [1.807, 2.05) is 19.9 Å². The molecule has 170 valence electrons. The van der Waals surface area contributed by atoms with Gasteiger partial charge in [-0.2, -0.15) is 0 Å². The normalized spacial score (nSPS) is 13.0. The maximum atomic E-state index is 12.5. The molecule has 2 heterocycles. The quantitative estimate of drug-likeness (QED) is 0.401. The molecule has 32 heavy (non-hydrogen) atoms. The molecule has 3 aromatic rings. The Kier molecular flexibility index (Phi) is 6.75. The maximum Gasteiger partial charge on any atom is 0.338 e. The van der Waals surface area contributed by atoms with Gasteiger partial charge < -0.3 is 14.8 Å². The number of carbonyl (C=O) groups is 1. The van der Waals surface area contributed by atoms with Gasteiger partial charge in [-0.3, -0.25) is 0 Å². The summed E-state index contributed by atoms with van der Waals surface area (Å²) in [5.41, 5.74) is 0.706. The highest BCUT2D eigenvalue weighted by Crippen LogP contribution is 2.28. The van der Waals surface area contributed by atoms with Gasteiger partial charge in [-0.1, -0.05) is 18.2 Å². The molecular weight excluding hydrogens is 432 g/mol. The van der Waals surface area contributed by atoms with Crippen molar-refractivity contribution in [2.45, 2.75) is 37.6 Å². The first-order chi connectivity index (χ1) is 15.0. The third kappa shape index (κ3) is 5.57. The first-order valence-electron chi connectivity index (χ1n) is 9.91. The van der Waals surface area contributed by atoms with Gasteiger partial charge in [0.1, 0.15) is 11.6 Å². The highest BCUT2D eigenvalue weighted by atomic mass is 32.2. The number of pyridine rings is 1. The summed E-state index contributed by atoms with van der Waals surface area (Å²) in [6, 6.07) is 10.3. The monoisotopic (exact) mass is 458 g/mol. The van der Waals surface area contributed by atoms with Crippen molar-refractivity contribution in [3.05, 3.63) is 53.9 Å². The molecule has 0 saturated heterocycles. The number of methoxy groups -OCH3 is 1. The number of aromatic nitrogens is 3. The molecule has 0 spiro atoms. The van der Waals surface area contributed by atoms with Crippen molar-refractivity contribution in [2.24, 2.45) is 0 Å². The lowest BCUT2D eigenvalue weighted by molar-refractivity contribution is 0.0329. The van der Waals surface area contributed by atoms with Gasteiger partial charge in [-0.25, -0.2) is 28.2 Å².